The minimum atomic E-state index is -0.725. The van der Waals surface area contributed by atoms with Crippen LogP contribution in [0.1, 0.15) is 90.9 Å². The van der Waals surface area contributed by atoms with Crippen LogP contribution in [-0.4, -0.2) is 10.7 Å². The van der Waals surface area contributed by atoms with Gasteiger partial charge in [0.15, 0.2) is 0 Å². The van der Waals surface area contributed by atoms with Gasteiger partial charge in [-0.2, -0.15) is 5.26 Å². The third-order valence-corrected chi connectivity index (χ3v) is 5.95. The lowest BCUT2D eigenvalue weighted by Gasteiger charge is -2.48. The van der Waals surface area contributed by atoms with Gasteiger partial charge in [0, 0.05) is 0 Å². The standard InChI is InChI=1S/C19H33NO/c1-16(2)13-17-9-8-12-19(21,14-17)18(15-20)10-6-4-3-5-7-11-18/h16-17,21H,3-14H2,1-2H3. The Bertz CT molecular complexity index is 362. The van der Waals surface area contributed by atoms with E-state index in [1.165, 1.54) is 32.1 Å². The van der Waals surface area contributed by atoms with E-state index in [-0.39, 0.29) is 0 Å². The van der Waals surface area contributed by atoms with Crippen molar-refractivity contribution in [2.75, 3.05) is 0 Å². The van der Waals surface area contributed by atoms with Gasteiger partial charge in [0.25, 0.3) is 0 Å². The summed E-state index contributed by atoms with van der Waals surface area (Å²) in [6.45, 7) is 4.53. The molecule has 0 aliphatic heterocycles. The number of aliphatic hydroxyl groups is 1. The molecule has 1 N–H and O–H groups in total. The molecular formula is C19H33NO. The highest BCUT2D eigenvalue weighted by atomic mass is 16.3. The van der Waals surface area contributed by atoms with Crippen LogP contribution in [-0.2, 0) is 0 Å². The second kappa shape index (κ2) is 7.14. The molecule has 2 rings (SSSR count). The van der Waals surface area contributed by atoms with E-state index in [1.54, 1.807) is 0 Å². The van der Waals surface area contributed by atoms with Crippen LogP contribution >= 0.6 is 0 Å². The predicted octanol–water partition coefficient (Wildman–Crippen LogP) is 5.21. The van der Waals surface area contributed by atoms with Crippen molar-refractivity contribution < 1.29 is 5.11 Å². The summed E-state index contributed by atoms with van der Waals surface area (Å²) < 4.78 is 0. The van der Waals surface area contributed by atoms with Crippen molar-refractivity contribution in [2.45, 2.75) is 96.5 Å². The van der Waals surface area contributed by atoms with Gasteiger partial charge in [-0.3, -0.25) is 0 Å². The van der Waals surface area contributed by atoms with E-state index in [0.717, 1.165) is 44.9 Å². The van der Waals surface area contributed by atoms with E-state index in [1.807, 2.05) is 0 Å². The molecule has 2 saturated carbocycles. The van der Waals surface area contributed by atoms with Crippen LogP contribution in [0.3, 0.4) is 0 Å². The molecule has 0 bridgehead atoms. The Morgan fingerprint density at radius 1 is 1.05 bits per heavy atom. The first kappa shape index (κ1) is 16.8. The lowest BCUT2D eigenvalue weighted by Crippen LogP contribution is -2.51. The molecule has 2 fully saturated rings. The molecule has 2 atom stereocenters. The quantitative estimate of drug-likeness (QED) is 0.776. The fourth-order valence-corrected chi connectivity index (χ4v) is 4.86. The molecule has 2 aliphatic carbocycles. The molecule has 0 heterocycles. The largest absolute Gasteiger partial charge is 0.388 e. The van der Waals surface area contributed by atoms with Crippen molar-refractivity contribution >= 4 is 0 Å². The summed E-state index contributed by atoms with van der Waals surface area (Å²) in [6.07, 6.45) is 13.1. The molecule has 0 aromatic rings. The van der Waals surface area contributed by atoms with Crippen LogP contribution < -0.4 is 0 Å². The number of nitrogens with zero attached hydrogens (tertiary/aromatic N) is 1. The van der Waals surface area contributed by atoms with Crippen LogP contribution in [0.15, 0.2) is 0 Å². The van der Waals surface area contributed by atoms with Gasteiger partial charge in [0.05, 0.1) is 17.1 Å². The first-order chi connectivity index (χ1) is 10.0. The summed E-state index contributed by atoms with van der Waals surface area (Å²) in [5.74, 6) is 1.30. The van der Waals surface area contributed by atoms with Crippen LogP contribution in [0, 0.1) is 28.6 Å². The summed E-state index contributed by atoms with van der Waals surface area (Å²) in [5, 5.41) is 21.4. The number of nitriles is 1. The minimum Gasteiger partial charge on any atom is -0.388 e. The van der Waals surface area contributed by atoms with Crippen molar-refractivity contribution in [1.29, 1.82) is 5.26 Å². The van der Waals surface area contributed by atoms with Gasteiger partial charge in [-0.25, -0.2) is 0 Å². The Balaban J connectivity index is 2.15. The fourth-order valence-electron chi connectivity index (χ4n) is 4.86. The molecule has 2 heteroatoms. The van der Waals surface area contributed by atoms with Gasteiger partial charge in [-0.1, -0.05) is 58.8 Å². The van der Waals surface area contributed by atoms with Crippen molar-refractivity contribution in [2.24, 2.45) is 17.3 Å². The third kappa shape index (κ3) is 3.81. The van der Waals surface area contributed by atoms with Crippen LogP contribution in [0.2, 0.25) is 0 Å². The third-order valence-electron chi connectivity index (χ3n) is 5.95. The molecule has 21 heavy (non-hydrogen) atoms. The highest BCUT2D eigenvalue weighted by molar-refractivity contribution is 5.13. The molecule has 0 aromatic carbocycles. The molecule has 0 saturated heterocycles. The molecule has 0 aromatic heterocycles. The maximum atomic E-state index is 11.4. The maximum absolute atomic E-state index is 11.4. The minimum absolute atomic E-state index is 0.469. The maximum Gasteiger partial charge on any atom is 0.0860 e. The fraction of sp³-hybridized carbons (Fsp3) is 0.947. The van der Waals surface area contributed by atoms with Crippen molar-refractivity contribution in [3.63, 3.8) is 0 Å². The highest BCUT2D eigenvalue weighted by Gasteiger charge is 2.52. The zero-order chi connectivity index (χ0) is 15.3. The Kier molecular flexibility index (Phi) is 5.72. The zero-order valence-electron chi connectivity index (χ0n) is 14.0. The first-order valence-electron chi connectivity index (χ1n) is 9.15. The lowest BCUT2D eigenvalue weighted by atomic mass is 9.58. The van der Waals surface area contributed by atoms with E-state index in [4.69, 9.17) is 0 Å². The van der Waals surface area contributed by atoms with Crippen LogP contribution in [0.4, 0.5) is 0 Å². The molecule has 2 aliphatic rings. The second-order valence-electron chi connectivity index (χ2n) is 8.09. The molecule has 0 amide bonds. The van der Waals surface area contributed by atoms with Crippen LogP contribution in [0.25, 0.3) is 0 Å². The monoisotopic (exact) mass is 291 g/mol. The summed E-state index contributed by atoms with van der Waals surface area (Å²) >= 11 is 0. The summed E-state index contributed by atoms with van der Waals surface area (Å²) in [6, 6.07) is 2.62. The Morgan fingerprint density at radius 3 is 2.24 bits per heavy atom. The molecule has 0 radical (unpaired) electrons. The van der Waals surface area contributed by atoms with Gasteiger partial charge in [-0.15, -0.1) is 0 Å². The van der Waals surface area contributed by atoms with E-state index in [2.05, 4.69) is 19.9 Å². The normalized spacial score (nSPS) is 34.0. The van der Waals surface area contributed by atoms with Crippen LogP contribution in [0.5, 0.6) is 0 Å². The van der Waals surface area contributed by atoms with Crippen molar-refractivity contribution in [1.82, 2.24) is 0 Å². The Labute approximate surface area is 130 Å². The zero-order valence-corrected chi connectivity index (χ0v) is 14.0. The predicted molar refractivity (Wildman–Crippen MR) is 86.7 cm³/mol. The van der Waals surface area contributed by atoms with E-state index < -0.39 is 11.0 Å². The van der Waals surface area contributed by atoms with Crippen molar-refractivity contribution in [3.05, 3.63) is 0 Å². The van der Waals surface area contributed by atoms with Gasteiger partial charge in [0.2, 0.25) is 0 Å². The average molecular weight is 291 g/mol. The summed E-state index contributed by atoms with van der Waals surface area (Å²) in [7, 11) is 0. The van der Waals surface area contributed by atoms with E-state index >= 15 is 0 Å². The summed E-state index contributed by atoms with van der Waals surface area (Å²) in [5.41, 5.74) is -1.19. The number of rotatable bonds is 3. The topological polar surface area (TPSA) is 44.0 Å². The SMILES string of the molecule is CC(C)CC1CCCC(O)(C2(C#N)CCCCCCC2)C1. The molecule has 120 valence electrons. The summed E-state index contributed by atoms with van der Waals surface area (Å²) in [4.78, 5) is 0. The van der Waals surface area contributed by atoms with Gasteiger partial charge >= 0.3 is 0 Å². The Morgan fingerprint density at radius 2 is 1.67 bits per heavy atom. The van der Waals surface area contributed by atoms with E-state index in [9.17, 15) is 10.4 Å². The number of hydrogen-bond acceptors (Lipinski definition) is 2. The number of hydrogen-bond donors (Lipinski definition) is 1. The van der Waals surface area contributed by atoms with E-state index in [0.29, 0.717) is 11.8 Å². The smallest absolute Gasteiger partial charge is 0.0860 e. The van der Waals surface area contributed by atoms with Gasteiger partial charge in [-0.05, 0) is 43.9 Å². The molecule has 2 nitrogen and oxygen atoms in total. The Hall–Kier alpha value is -0.550. The highest BCUT2D eigenvalue weighted by Crippen LogP contribution is 2.51. The van der Waals surface area contributed by atoms with Gasteiger partial charge in [0.1, 0.15) is 0 Å². The molecule has 0 spiro atoms. The second-order valence-corrected chi connectivity index (χ2v) is 8.09. The van der Waals surface area contributed by atoms with Crippen molar-refractivity contribution in [3.8, 4) is 6.07 Å². The molecule has 2 unspecified atom stereocenters. The molecular weight excluding hydrogens is 258 g/mol. The van der Waals surface area contributed by atoms with Gasteiger partial charge < -0.3 is 5.11 Å². The average Bonchev–Trinajstić information content (AvgIpc) is 2.38. The first-order valence-corrected chi connectivity index (χ1v) is 9.15. The lowest BCUT2D eigenvalue weighted by molar-refractivity contribution is -0.108.